The van der Waals surface area contributed by atoms with Crippen LogP contribution < -0.4 is 10.2 Å². The van der Waals surface area contributed by atoms with E-state index in [-0.39, 0.29) is 18.8 Å². The second-order valence-electron chi connectivity index (χ2n) is 8.60. The lowest BCUT2D eigenvalue weighted by Crippen LogP contribution is -2.40. The Balaban J connectivity index is 0.000000983. The lowest BCUT2D eigenvalue weighted by atomic mass is 9.97. The number of benzene rings is 2. The number of methoxy groups -OCH3 is 1. The number of terminal acetylenes is 1. The van der Waals surface area contributed by atoms with E-state index in [1.54, 1.807) is 18.1 Å². The number of nitrogens with zero attached hydrogens (tertiary/aromatic N) is 3. The van der Waals surface area contributed by atoms with Crippen molar-refractivity contribution in [2.75, 3.05) is 44.9 Å². The molecular formula is C30H36N4O5. The summed E-state index contributed by atoms with van der Waals surface area (Å²) in [5.41, 5.74) is 4.13. The molecule has 0 spiro atoms. The van der Waals surface area contributed by atoms with Gasteiger partial charge in [-0.15, -0.1) is 12.3 Å². The van der Waals surface area contributed by atoms with E-state index in [0.717, 1.165) is 41.9 Å². The molecule has 9 heteroatoms. The number of carbonyl (C=O) groups is 2. The number of rotatable bonds is 8. The van der Waals surface area contributed by atoms with Gasteiger partial charge in [-0.25, -0.2) is 0 Å². The van der Waals surface area contributed by atoms with Crippen LogP contribution in [0.5, 0.6) is 0 Å². The number of amides is 1. The highest BCUT2D eigenvalue weighted by Crippen LogP contribution is 2.38. The van der Waals surface area contributed by atoms with Crippen LogP contribution in [-0.4, -0.2) is 63.1 Å². The monoisotopic (exact) mass is 532 g/mol. The van der Waals surface area contributed by atoms with Gasteiger partial charge in [0, 0.05) is 42.5 Å². The highest BCUT2D eigenvalue weighted by atomic mass is 16.5. The smallest absolute Gasteiger partial charge is 0.325 e. The summed E-state index contributed by atoms with van der Waals surface area (Å²) in [5, 5.41) is 8.73. The topological polar surface area (TPSA) is 92.7 Å². The number of morpholine rings is 1. The fourth-order valence-corrected chi connectivity index (χ4v) is 4.17. The molecule has 2 aromatic carbocycles. The SMILES string of the molecule is C#CCC.C/C=N\N1Cc2c(cccc2N2CCOCC2)C(OCc2ccccc2)=C1C(=O)NCC(=O)OC. The lowest BCUT2D eigenvalue weighted by molar-refractivity contribution is -0.140. The highest BCUT2D eigenvalue weighted by molar-refractivity contribution is 6.01. The average molecular weight is 533 g/mol. The van der Waals surface area contributed by atoms with E-state index in [2.05, 4.69) is 32.0 Å². The molecule has 0 aliphatic carbocycles. The van der Waals surface area contributed by atoms with Crippen molar-refractivity contribution in [3.63, 3.8) is 0 Å². The first kappa shape index (κ1) is 29.3. The number of fused-ring (bicyclic) bond motifs is 1. The molecule has 2 heterocycles. The summed E-state index contributed by atoms with van der Waals surface area (Å²) >= 11 is 0. The first-order chi connectivity index (χ1) is 19.0. The molecule has 0 unspecified atom stereocenters. The molecule has 206 valence electrons. The molecule has 2 aromatic rings. The standard InChI is InChI=1S/C26H30N4O5.C4H6/c1-3-28-30-17-21-20(10-7-11-22(21)29-12-14-34-15-13-29)25(35-18-19-8-5-4-6-9-19)24(30)26(32)27-16-23(31)33-2;1-3-4-2/h3-11H,12-18H2,1-2H3,(H,27,32);1H,4H2,2H3/b28-3-;. The molecule has 0 radical (unpaired) electrons. The van der Waals surface area contributed by atoms with Crippen molar-refractivity contribution in [2.45, 2.75) is 33.4 Å². The van der Waals surface area contributed by atoms with Crippen molar-refractivity contribution in [1.82, 2.24) is 10.3 Å². The van der Waals surface area contributed by atoms with E-state index in [1.165, 1.54) is 7.11 Å². The molecule has 1 fully saturated rings. The highest BCUT2D eigenvalue weighted by Gasteiger charge is 2.33. The lowest BCUT2D eigenvalue weighted by Gasteiger charge is -2.36. The second kappa shape index (κ2) is 15.2. The summed E-state index contributed by atoms with van der Waals surface area (Å²) in [6.45, 7) is 7.02. The van der Waals surface area contributed by atoms with Gasteiger partial charge in [0.15, 0.2) is 11.5 Å². The Morgan fingerprint density at radius 3 is 2.51 bits per heavy atom. The summed E-state index contributed by atoms with van der Waals surface area (Å²) in [7, 11) is 1.28. The van der Waals surface area contributed by atoms with E-state index in [9.17, 15) is 9.59 Å². The zero-order chi connectivity index (χ0) is 28.0. The number of hydrogen-bond donors (Lipinski definition) is 1. The van der Waals surface area contributed by atoms with Gasteiger partial charge in [-0.2, -0.15) is 5.10 Å². The van der Waals surface area contributed by atoms with E-state index in [4.69, 9.17) is 15.9 Å². The zero-order valence-corrected chi connectivity index (χ0v) is 22.8. The quantitative estimate of drug-likeness (QED) is 0.316. The van der Waals surface area contributed by atoms with Crippen molar-refractivity contribution < 1.29 is 23.8 Å². The summed E-state index contributed by atoms with van der Waals surface area (Å²) < 4.78 is 16.5. The minimum absolute atomic E-state index is 0.245. The van der Waals surface area contributed by atoms with Crippen LogP contribution in [0.3, 0.4) is 0 Å². The summed E-state index contributed by atoms with van der Waals surface area (Å²) in [5.74, 6) is 1.84. The van der Waals surface area contributed by atoms with Gasteiger partial charge in [0.05, 0.1) is 26.9 Å². The van der Waals surface area contributed by atoms with Crippen LogP contribution in [0.25, 0.3) is 5.76 Å². The number of hydrazone groups is 1. The summed E-state index contributed by atoms with van der Waals surface area (Å²) in [6, 6.07) is 15.8. The number of carbonyl (C=O) groups excluding carboxylic acids is 2. The van der Waals surface area contributed by atoms with Crippen molar-refractivity contribution in [3.8, 4) is 12.3 Å². The van der Waals surface area contributed by atoms with Crippen LogP contribution in [0.15, 0.2) is 59.3 Å². The zero-order valence-electron chi connectivity index (χ0n) is 22.8. The van der Waals surface area contributed by atoms with Crippen molar-refractivity contribution in [3.05, 3.63) is 70.9 Å². The summed E-state index contributed by atoms with van der Waals surface area (Å²) in [6.07, 6.45) is 7.25. The van der Waals surface area contributed by atoms with Crippen molar-refractivity contribution in [1.29, 1.82) is 0 Å². The van der Waals surface area contributed by atoms with Crippen LogP contribution >= 0.6 is 0 Å². The number of ether oxygens (including phenoxy) is 3. The predicted octanol–water partition coefficient (Wildman–Crippen LogP) is 3.55. The maximum atomic E-state index is 13.3. The Kier molecular flexibility index (Phi) is 11.4. The first-order valence-corrected chi connectivity index (χ1v) is 12.9. The van der Waals surface area contributed by atoms with E-state index in [1.807, 2.05) is 49.4 Å². The van der Waals surface area contributed by atoms with E-state index >= 15 is 0 Å². The molecule has 39 heavy (non-hydrogen) atoms. The van der Waals surface area contributed by atoms with E-state index in [0.29, 0.717) is 25.5 Å². The molecular weight excluding hydrogens is 496 g/mol. The van der Waals surface area contributed by atoms with Crippen LogP contribution in [-0.2, 0) is 37.0 Å². The van der Waals surface area contributed by atoms with Crippen molar-refractivity contribution >= 4 is 29.5 Å². The van der Waals surface area contributed by atoms with Crippen LogP contribution in [0.4, 0.5) is 5.69 Å². The average Bonchev–Trinajstić information content (AvgIpc) is 2.99. The molecule has 0 atom stereocenters. The number of esters is 1. The molecule has 1 amide bonds. The fraction of sp³-hybridized carbons (Fsp3) is 0.367. The minimum atomic E-state index is -0.540. The molecule has 0 saturated carbocycles. The third-order valence-corrected chi connectivity index (χ3v) is 6.05. The molecule has 1 saturated heterocycles. The van der Waals surface area contributed by atoms with Gasteiger partial charge in [-0.05, 0) is 18.6 Å². The largest absolute Gasteiger partial charge is 0.486 e. The van der Waals surface area contributed by atoms with Crippen LogP contribution in [0.1, 0.15) is 37.0 Å². The maximum absolute atomic E-state index is 13.3. The van der Waals surface area contributed by atoms with Gasteiger partial charge in [-0.1, -0.05) is 49.4 Å². The van der Waals surface area contributed by atoms with Crippen molar-refractivity contribution in [2.24, 2.45) is 5.10 Å². The predicted molar refractivity (Wildman–Crippen MR) is 151 cm³/mol. The molecule has 0 bridgehead atoms. The number of nitrogens with one attached hydrogen (secondary N) is 1. The van der Waals surface area contributed by atoms with Gasteiger partial charge < -0.3 is 24.4 Å². The van der Waals surface area contributed by atoms with Gasteiger partial charge in [0.2, 0.25) is 0 Å². The van der Waals surface area contributed by atoms with Crippen LogP contribution in [0, 0.1) is 12.3 Å². The Morgan fingerprint density at radius 1 is 1.15 bits per heavy atom. The second-order valence-corrected chi connectivity index (χ2v) is 8.60. The Morgan fingerprint density at radius 2 is 1.87 bits per heavy atom. The molecule has 1 N–H and O–H groups in total. The maximum Gasteiger partial charge on any atom is 0.325 e. The third-order valence-electron chi connectivity index (χ3n) is 6.05. The Bertz CT molecular complexity index is 1210. The van der Waals surface area contributed by atoms with Gasteiger partial charge in [0.25, 0.3) is 5.91 Å². The minimum Gasteiger partial charge on any atom is -0.486 e. The number of hydrogen-bond acceptors (Lipinski definition) is 8. The molecule has 2 aliphatic heterocycles. The normalized spacial score (nSPS) is 14.6. The Hall–Kier alpha value is -4.29. The fourth-order valence-electron chi connectivity index (χ4n) is 4.17. The number of anilines is 1. The first-order valence-electron chi connectivity index (χ1n) is 12.9. The van der Waals surface area contributed by atoms with Gasteiger partial charge >= 0.3 is 5.97 Å². The van der Waals surface area contributed by atoms with Gasteiger partial charge in [0.1, 0.15) is 13.2 Å². The molecule has 2 aliphatic rings. The summed E-state index contributed by atoms with van der Waals surface area (Å²) in [4.78, 5) is 27.3. The third kappa shape index (κ3) is 7.85. The molecule has 9 nitrogen and oxygen atoms in total. The van der Waals surface area contributed by atoms with Gasteiger partial charge in [-0.3, -0.25) is 14.6 Å². The van der Waals surface area contributed by atoms with E-state index < -0.39 is 11.9 Å². The molecule has 4 rings (SSSR count). The molecule has 0 aromatic heterocycles. The van der Waals surface area contributed by atoms with Crippen LogP contribution in [0.2, 0.25) is 0 Å². The Labute approximate surface area is 230 Å².